The number of benzene rings is 1. The number of hydrogen-bond acceptors (Lipinski definition) is 4. The molecule has 4 aromatic rings. The van der Waals surface area contributed by atoms with E-state index < -0.39 is 0 Å². The lowest BCUT2D eigenvalue weighted by Crippen LogP contribution is -2.23. The largest absolute Gasteiger partial charge is 0.356 e. The second kappa shape index (κ2) is 9.49. The molecule has 5 nitrogen and oxygen atoms in total. The third-order valence-electron chi connectivity index (χ3n) is 5.22. The molecular formula is C26H26N4O. The Kier molecular flexibility index (Phi) is 6.34. The summed E-state index contributed by atoms with van der Waals surface area (Å²) in [7, 11) is 0. The first kappa shape index (κ1) is 20.7. The Labute approximate surface area is 182 Å². The van der Waals surface area contributed by atoms with Crippen LogP contribution in [-0.4, -0.2) is 25.6 Å². The van der Waals surface area contributed by atoms with E-state index in [1.807, 2.05) is 93.0 Å². The van der Waals surface area contributed by atoms with E-state index in [9.17, 15) is 4.79 Å². The number of H-pyrrole nitrogens is 1. The maximum atomic E-state index is 12.8. The number of aromatic nitrogens is 3. The van der Waals surface area contributed by atoms with E-state index in [2.05, 4.69) is 19.9 Å². The molecule has 0 atom stereocenters. The Morgan fingerprint density at radius 1 is 0.839 bits per heavy atom. The molecule has 1 N–H and O–H groups in total. The van der Waals surface area contributed by atoms with Crippen molar-refractivity contribution in [2.45, 2.75) is 33.5 Å². The van der Waals surface area contributed by atoms with E-state index in [-0.39, 0.29) is 5.78 Å². The smallest absolute Gasteiger partial charge is 0.209 e. The Morgan fingerprint density at radius 3 is 1.94 bits per heavy atom. The molecule has 156 valence electrons. The standard InChI is InChI=1S/C26H26N4O/c1-19-15-20(2)29-25(19)26(31)22-11-9-21(10-12-22)16-30(17-23-7-3-5-13-27-23)18-24-8-4-6-14-28-24/h3-15,29H,16-18H2,1-2H3. The summed E-state index contributed by atoms with van der Waals surface area (Å²) in [6.45, 7) is 6.10. The van der Waals surface area contributed by atoms with Gasteiger partial charge in [-0.2, -0.15) is 0 Å². The number of aromatic amines is 1. The van der Waals surface area contributed by atoms with Crippen molar-refractivity contribution in [1.29, 1.82) is 0 Å². The van der Waals surface area contributed by atoms with Gasteiger partial charge in [0.15, 0.2) is 0 Å². The zero-order chi connectivity index (χ0) is 21.6. The normalized spacial score (nSPS) is 11.1. The first-order valence-corrected chi connectivity index (χ1v) is 10.4. The Hall–Kier alpha value is -3.57. The van der Waals surface area contributed by atoms with E-state index in [1.54, 1.807) is 0 Å². The molecule has 0 spiro atoms. The van der Waals surface area contributed by atoms with Crippen molar-refractivity contribution in [2.24, 2.45) is 0 Å². The second-order valence-corrected chi connectivity index (χ2v) is 7.82. The number of carbonyl (C=O) groups excluding carboxylic acids is 1. The van der Waals surface area contributed by atoms with Gasteiger partial charge >= 0.3 is 0 Å². The molecule has 0 fully saturated rings. The highest BCUT2D eigenvalue weighted by Gasteiger charge is 2.15. The summed E-state index contributed by atoms with van der Waals surface area (Å²) in [5.74, 6) is 0.0241. The zero-order valence-corrected chi connectivity index (χ0v) is 17.9. The fourth-order valence-electron chi connectivity index (χ4n) is 3.74. The minimum absolute atomic E-state index is 0.0241. The highest BCUT2D eigenvalue weighted by Crippen LogP contribution is 2.17. The first-order chi connectivity index (χ1) is 15.1. The molecule has 0 amide bonds. The molecule has 0 bridgehead atoms. The minimum Gasteiger partial charge on any atom is -0.356 e. The number of nitrogens with zero attached hydrogens (tertiary/aromatic N) is 3. The Morgan fingerprint density at radius 2 is 1.45 bits per heavy atom. The van der Waals surface area contributed by atoms with Crippen LogP contribution in [0.4, 0.5) is 0 Å². The van der Waals surface area contributed by atoms with Gasteiger partial charge < -0.3 is 4.98 Å². The van der Waals surface area contributed by atoms with Crippen LogP contribution in [0.25, 0.3) is 0 Å². The number of ketones is 1. The van der Waals surface area contributed by atoms with Crippen LogP contribution in [0, 0.1) is 13.8 Å². The predicted octanol–water partition coefficient (Wildman–Crippen LogP) is 4.85. The maximum absolute atomic E-state index is 12.8. The molecule has 0 saturated heterocycles. The van der Waals surface area contributed by atoms with Crippen molar-refractivity contribution in [3.63, 3.8) is 0 Å². The number of hydrogen-bond donors (Lipinski definition) is 1. The van der Waals surface area contributed by atoms with Crippen LogP contribution in [0.3, 0.4) is 0 Å². The highest BCUT2D eigenvalue weighted by molar-refractivity contribution is 6.08. The zero-order valence-electron chi connectivity index (χ0n) is 17.9. The van der Waals surface area contributed by atoms with E-state index >= 15 is 0 Å². The van der Waals surface area contributed by atoms with Gasteiger partial charge in [0.2, 0.25) is 5.78 Å². The molecule has 1 aromatic carbocycles. The average Bonchev–Trinajstić information content (AvgIpc) is 3.13. The molecule has 0 radical (unpaired) electrons. The lowest BCUT2D eigenvalue weighted by molar-refractivity contribution is 0.103. The van der Waals surface area contributed by atoms with Crippen LogP contribution >= 0.6 is 0 Å². The van der Waals surface area contributed by atoms with Crippen molar-refractivity contribution < 1.29 is 4.79 Å². The average molecular weight is 411 g/mol. The van der Waals surface area contributed by atoms with Crippen molar-refractivity contribution in [3.8, 4) is 0 Å². The molecule has 3 heterocycles. The van der Waals surface area contributed by atoms with Gasteiger partial charge in [-0.1, -0.05) is 36.4 Å². The summed E-state index contributed by atoms with van der Waals surface area (Å²) in [4.78, 5) is 27.3. The van der Waals surface area contributed by atoms with Crippen LogP contribution in [0.2, 0.25) is 0 Å². The highest BCUT2D eigenvalue weighted by atomic mass is 16.1. The second-order valence-electron chi connectivity index (χ2n) is 7.82. The number of nitrogens with one attached hydrogen (secondary N) is 1. The minimum atomic E-state index is 0.0241. The third kappa shape index (κ3) is 5.32. The van der Waals surface area contributed by atoms with E-state index in [0.29, 0.717) is 11.3 Å². The van der Waals surface area contributed by atoms with Gasteiger partial charge in [-0.3, -0.25) is 19.7 Å². The van der Waals surface area contributed by atoms with Crippen molar-refractivity contribution in [3.05, 3.63) is 119 Å². The summed E-state index contributed by atoms with van der Waals surface area (Å²) >= 11 is 0. The number of rotatable bonds is 8. The Balaban J connectivity index is 1.50. The molecule has 0 aliphatic rings. The summed E-state index contributed by atoms with van der Waals surface area (Å²) in [6, 6.07) is 21.8. The molecule has 0 aliphatic carbocycles. The van der Waals surface area contributed by atoms with Gasteiger partial charge in [0.1, 0.15) is 0 Å². The van der Waals surface area contributed by atoms with Crippen molar-refractivity contribution in [2.75, 3.05) is 0 Å². The molecule has 4 rings (SSSR count). The van der Waals surface area contributed by atoms with Gasteiger partial charge in [0.25, 0.3) is 0 Å². The van der Waals surface area contributed by atoms with E-state index in [1.165, 1.54) is 0 Å². The third-order valence-corrected chi connectivity index (χ3v) is 5.22. The van der Waals surface area contributed by atoms with Gasteiger partial charge in [0, 0.05) is 43.3 Å². The molecule has 31 heavy (non-hydrogen) atoms. The summed E-state index contributed by atoms with van der Waals surface area (Å²) in [5.41, 5.74) is 6.50. The van der Waals surface area contributed by atoms with Gasteiger partial charge in [-0.15, -0.1) is 0 Å². The van der Waals surface area contributed by atoms with Crippen molar-refractivity contribution >= 4 is 5.78 Å². The quantitative estimate of drug-likeness (QED) is 0.422. The number of pyridine rings is 2. The SMILES string of the molecule is Cc1cc(C)c(C(=O)c2ccc(CN(Cc3ccccn3)Cc3ccccn3)cc2)[nH]1. The molecule has 0 aliphatic heterocycles. The molecule has 5 heteroatoms. The summed E-state index contributed by atoms with van der Waals surface area (Å²) < 4.78 is 0. The number of carbonyl (C=O) groups is 1. The predicted molar refractivity (Wildman–Crippen MR) is 122 cm³/mol. The molecule has 0 unspecified atom stereocenters. The van der Waals surface area contributed by atoms with Crippen LogP contribution in [0.5, 0.6) is 0 Å². The van der Waals surface area contributed by atoms with Gasteiger partial charge in [0.05, 0.1) is 17.1 Å². The van der Waals surface area contributed by atoms with Crippen LogP contribution < -0.4 is 0 Å². The van der Waals surface area contributed by atoms with Crippen LogP contribution in [0.15, 0.2) is 79.1 Å². The topological polar surface area (TPSA) is 61.9 Å². The maximum Gasteiger partial charge on any atom is 0.209 e. The molecule has 3 aromatic heterocycles. The van der Waals surface area contributed by atoms with Crippen LogP contribution in [0.1, 0.15) is 44.3 Å². The monoisotopic (exact) mass is 410 g/mol. The lowest BCUT2D eigenvalue weighted by Gasteiger charge is -2.22. The van der Waals surface area contributed by atoms with Gasteiger partial charge in [-0.05, 0) is 55.3 Å². The van der Waals surface area contributed by atoms with Gasteiger partial charge in [-0.25, -0.2) is 0 Å². The van der Waals surface area contributed by atoms with E-state index in [0.717, 1.165) is 47.8 Å². The fourth-order valence-corrected chi connectivity index (χ4v) is 3.74. The number of aryl methyl sites for hydroxylation is 2. The molecular weight excluding hydrogens is 384 g/mol. The fraction of sp³-hybridized carbons (Fsp3) is 0.192. The van der Waals surface area contributed by atoms with Crippen molar-refractivity contribution in [1.82, 2.24) is 19.9 Å². The molecule has 0 saturated carbocycles. The van der Waals surface area contributed by atoms with E-state index in [4.69, 9.17) is 0 Å². The Bertz CT molecular complexity index is 1090. The summed E-state index contributed by atoms with van der Waals surface area (Å²) in [5, 5.41) is 0. The summed E-state index contributed by atoms with van der Waals surface area (Å²) in [6.07, 6.45) is 3.64. The first-order valence-electron chi connectivity index (χ1n) is 10.4. The lowest BCUT2D eigenvalue weighted by atomic mass is 10.0. The van der Waals surface area contributed by atoms with Crippen LogP contribution in [-0.2, 0) is 19.6 Å².